The predicted octanol–water partition coefficient (Wildman–Crippen LogP) is 0.153. The molecule has 1 aromatic heterocycles. The van der Waals surface area contributed by atoms with Crippen LogP contribution >= 0.6 is 0 Å². The highest BCUT2D eigenvalue weighted by Gasteiger charge is 2.38. The second-order valence-corrected chi connectivity index (χ2v) is 7.20. The van der Waals surface area contributed by atoms with Crippen molar-refractivity contribution in [2.24, 2.45) is 5.92 Å². The van der Waals surface area contributed by atoms with Gasteiger partial charge in [-0.2, -0.15) is 0 Å². The van der Waals surface area contributed by atoms with Gasteiger partial charge in [-0.15, -0.1) is 0 Å². The molecule has 26 heavy (non-hydrogen) atoms. The Bertz CT molecular complexity index is 641. The molecule has 3 fully saturated rings. The van der Waals surface area contributed by atoms with Crippen molar-refractivity contribution in [3.63, 3.8) is 0 Å². The number of nitrogens with zero attached hydrogens (tertiary/aromatic N) is 5. The summed E-state index contributed by atoms with van der Waals surface area (Å²) < 4.78 is 5.62. The molecule has 0 spiro atoms. The number of aromatic nitrogens is 2. The second-order valence-electron chi connectivity index (χ2n) is 7.20. The second kappa shape index (κ2) is 7.57. The number of amides is 2. The Kier molecular flexibility index (Phi) is 5.01. The molecule has 0 radical (unpaired) electrons. The maximum Gasteiger partial charge on any atom is 0.228 e. The number of hydrogen-bond donors (Lipinski definition) is 0. The van der Waals surface area contributed by atoms with Crippen molar-refractivity contribution in [2.45, 2.75) is 25.4 Å². The third-order valence-electron chi connectivity index (χ3n) is 5.44. The van der Waals surface area contributed by atoms with Crippen molar-refractivity contribution in [1.29, 1.82) is 0 Å². The molecule has 3 aliphatic rings. The van der Waals surface area contributed by atoms with E-state index in [4.69, 9.17) is 4.74 Å². The number of carbonyl (C=O) groups is 2. The lowest BCUT2D eigenvalue weighted by Crippen LogP contribution is -2.51. The highest BCUT2D eigenvalue weighted by Crippen LogP contribution is 2.23. The zero-order valence-electron chi connectivity index (χ0n) is 14.9. The number of likely N-dealkylation sites (tertiary alicyclic amines) is 1. The Morgan fingerprint density at radius 3 is 2.65 bits per heavy atom. The Morgan fingerprint density at radius 2 is 1.96 bits per heavy atom. The topological polar surface area (TPSA) is 78.9 Å². The van der Waals surface area contributed by atoms with Crippen molar-refractivity contribution in [3.05, 3.63) is 18.5 Å². The molecule has 0 saturated carbocycles. The normalized spacial score (nSPS) is 26.6. The van der Waals surface area contributed by atoms with E-state index < -0.39 is 0 Å². The van der Waals surface area contributed by atoms with Gasteiger partial charge in [-0.25, -0.2) is 9.97 Å². The molecule has 0 aromatic carbocycles. The van der Waals surface area contributed by atoms with Gasteiger partial charge in [0.1, 0.15) is 0 Å². The molecule has 3 aliphatic heterocycles. The maximum absolute atomic E-state index is 12.8. The lowest BCUT2D eigenvalue weighted by atomic mass is 10.1. The van der Waals surface area contributed by atoms with Crippen molar-refractivity contribution >= 4 is 17.8 Å². The summed E-state index contributed by atoms with van der Waals surface area (Å²) in [6.07, 6.45) is 5.99. The number of ether oxygens (including phenoxy) is 1. The summed E-state index contributed by atoms with van der Waals surface area (Å²) in [5, 5.41) is 0. The first-order chi connectivity index (χ1) is 12.7. The Hall–Kier alpha value is -2.22. The minimum atomic E-state index is -0.219. The van der Waals surface area contributed by atoms with Crippen LogP contribution in [0.2, 0.25) is 0 Å². The molecule has 0 N–H and O–H groups in total. The van der Waals surface area contributed by atoms with Crippen molar-refractivity contribution < 1.29 is 14.3 Å². The van der Waals surface area contributed by atoms with Gasteiger partial charge in [0.15, 0.2) is 0 Å². The third kappa shape index (κ3) is 3.65. The van der Waals surface area contributed by atoms with Gasteiger partial charge in [-0.1, -0.05) is 0 Å². The van der Waals surface area contributed by atoms with E-state index in [0.29, 0.717) is 38.5 Å². The summed E-state index contributed by atoms with van der Waals surface area (Å²) in [7, 11) is 0. The molecule has 0 bridgehead atoms. The van der Waals surface area contributed by atoms with Crippen LogP contribution in [-0.2, 0) is 14.3 Å². The lowest BCUT2D eigenvalue weighted by molar-refractivity contribution is -0.136. The Labute approximate surface area is 153 Å². The Balaban J connectivity index is 1.29. The molecular weight excluding hydrogens is 334 g/mol. The van der Waals surface area contributed by atoms with Crippen molar-refractivity contribution in [1.82, 2.24) is 19.8 Å². The van der Waals surface area contributed by atoms with Gasteiger partial charge in [0.05, 0.1) is 12.0 Å². The molecule has 0 aliphatic carbocycles. The average Bonchev–Trinajstić information content (AvgIpc) is 3.32. The molecule has 8 heteroatoms. The summed E-state index contributed by atoms with van der Waals surface area (Å²) in [6, 6.07) is 1.79. The van der Waals surface area contributed by atoms with Crippen LogP contribution in [0.15, 0.2) is 18.5 Å². The summed E-state index contributed by atoms with van der Waals surface area (Å²) in [4.78, 5) is 39.4. The fourth-order valence-corrected chi connectivity index (χ4v) is 3.99. The van der Waals surface area contributed by atoms with Crippen LogP contribution in [0.25, 0.3) is 0 Å². The maximum atomic E-state index is 12.8. The molecule has 3 saturated heterocycles. The van der Waals surface area contributed by atoms with Crippen LogP contribution < -0.4 is 4.90 Å². The van der Waals surface area contributed by atoms with Gasteiger partial charge >= 0.3 is 0 Å². The first-order valence-corrected chi connectivity index (χ1v) is 9.41. The van der Waals surface area contributed by atoms with E-state index in [9.17, 15) is 9.59 Å². The molecule has 1 aromatic rings. The minimum absolute atomic E-state index is 0.0789. The van der Waals surface area contributed by atoms with E-state index in [1.54, 1.807) is 18.5 Å². The van der Waals surface area contributed by atoms with Crippen LogP contribution in [0.1, 0.15) is 19.3 Å². The summed E-state index contributed by atoms with van der Waals surface area (Å²) >= 11 is 0. The molecule has 2 unspecified atom stereocenters. The summed E-state index contributed by atoms with van der Waals surface area (Å²) in [6.45, 7) is 4.67. The van der Waals surface area contributed by atoms with Crippen LogP contribution in [0.3, 0.4) is 0 Å². The number of rotatable bonds is 4. The molecular formula is C18H25N5O3. The molecule has 4 heterocycles. The highest BCUT2D eigenvalue weighted by atomic mass is 16.5. The van der Waals surface area contributed by atoms with Gasteiger partial charge < -0.3 is 19.4 Å². The van der Waals surface area contributed by atoms with E-state index in [2.05, 4.69) is 14.9 Å². The molecule has 4 rings (SSSR count). The standard InChI is InChI=1S/C18H25N5O3/c24-16-11-14(12-23(16)13-15-3-1-10-26-15)17(25)21-6-8-22(9-7-21)18-19-4-2-5-20-18/h2,4-5,14-15H,1,3,6-13H2. The SMILES string of the molecule is O=C1CC(C(=O)N2CCN(c3ncccn3)CC2)CN1CC1CCCO1. The van der Waals surface area contributed by atoms with E-state index >= 15 is 0 Å². The Morgan fingerprint density at radius 1 is 1.19 bits per heavy atom. The molecule has 2 atom stereocenters. The molecule has 8 nitrogen and oxygen atoms in total. The number of carbonyl (C=O) groups excluding carboxylic acids is 2. The van der Waals surface area contributed by atoms with E-state index in [1.807, 2.05) is 9.80 Å². The predicted molar refractivity (Wildman–Crippen MR) is 94.5 cm³/mol. The van der Waals surface area contributed by atoms with Crippen LogP contribution in [0, 0.1) is 5.92 Å². The number of piperazine rings is 1. The van der Waals surface area contributed by atoms with Gasteiger partial charge in [-0.3, -0.25) is 9.59 Å². The smallest absolute Gasteiger partial charge is 0.228 e. The zero-order chi connectivity index (χ0) is 17.9. The highest BCUT2D eigenvalue weighted by molar-refractivity contribution is 5.89. The monoisotopic (exact) mass is 359 g/mol. The van der Waals surface area contributed by atoms with E-state index in [0.717, 1.165) is 32.5 Å². The van der Waals surface area contributed by atoms with Crippen LogP contribution in [0.4, 0.5) is 5.95 Å². The fraction of sp³-hybridized carbons (Fsp3) is 0.667. The quantitative estimate of drug-likeness (QED) is 0.762. The lowest BCUT2D eigenvalue weighted by Gasteiger charge is -2.35. The number of hydrogen-bond acceptors (Lipinski definition) is 6. The third-order valence-corrected chi connectivity index (χ3v) is 5.44. The van der Waals surface area contributed by atoms with E-state index in [1.165, 1.54) is 0 Å². The largest absolute Gasteiger partial charge is 0.376 e. The van der Waals surface area contributed by atoms with Gasteiger partial charge in [0.25, 0.3) is 0 Å². The average molecular weight is 359 g/mol. The fourth-order valence-electron chi connectivity index (χ4n) is 3.99. The zero-order valence-corrected chi connectivity index (χ0v) is 14.9. The number of anilines is 1. The van der Waals surface area contributed by atoms with Crippen molar-refractivity contribution in [3.8, 4) is 0 Å². The van der Waals surface area contributed by atoms with Crippen LogP contribution in [0.5, 0.6) is 0 Å². The molecule has 140 valence electrons. The van der Waals surface area contributed by atoms with E-state index in [-0.39, 0.29) is 23.8 Å². The minimum Gasteiger partial charge on any atom is -0.376 e. The first kappa shape index (κ1) is 17.2. The van der Waals surface area contributed by atoms with Gasteiger partial charge in [0.2, 0.25) is 17.8 Å². The molecule has 2 amide bonds. The van der Waals surface area contributed by atoms with Gasteiger partial charge in [0, 0.05) is 64.7 Å². The summed E-state index contributed by atoms with van der Waals surface area (Å²) in [5.41, 5.74) is 0. The summed E-state index contributed by atoms with van der Waals surface area (Å²) in [5.74, 6) is 0.666. The van der Waals surface area contributed by atoms with Crippen molar-refractivity contribution in [2.75, 3.05) is 50.8 Å². The van der Waals surface area contributed by atoms with Gasteiger partial charge in [-0.05, 0) is 18.9 Å². The van der Waals surface area contributed by atoms with Crippen LogP contribution in [-0.4, -0.2) is 83.6 Å². The first-order valence-electron chi connectivity index (χ1n) is 9.41.